The molecular weight excluding hydrogens is 508 g/mol. The number of likely N-dealkylation sites (tertiary alicyclic amines) is 1. The minimum Gasteiger partial charge on any atom is -0.361 e. The first kappa shape index (κ1) is 29.5. The second kappa shape index (κ2) is 13.7. The predicted molar refractivity (Wildman–Crippen MR) is 155 cm³/mol. The third-order valence-corrected chi connectivity index (χ3v) is 8.09. The van der Waals surface area contributed by atoms with E-state index in [9.17, 15) is 19.2 Å². The van der Waals surface area contributed by atoms with Crippen LogP contribution in [0, 0.1) is 5.92 Å². The van der Waals surface area contributed by atoms with Crippen molar-refractivity contribution >= 4 is 34.5 Å². The van der Waals surface area contributed by atoms with Gasteiger partial charge in [0.05, 0.1) is 12.5 Å². The quantitative estimate of drug-likeness (QED) is 0.223. The fraction of sp³-hybridized carbons (Fsp3) is 0.533. The zero-order chi connectivity index (χ0) is 28.6. The van der Waals surface area contributed by atoms with Crippen LogP contribution in [-0.2, 0) is 20.8 Å². The lowest BCUT2D eigenvalue weighted by Gasteiger charge is -2.47. The standard InChI is InChI=1S/C30H42N6O4/c1-3-13-35-19-21(15-24-23-9-6-10-25-28(23)20(18-34-25)16-26(24)35)29(39)36(30(40)32-4-2)14-7-12-33-27(38)11-5-8-22(37)17-31/h3,6,9-10,18,21,24,26,34H,1,4-5,7-8,11-17,19,31H2,2H3,(H,32,40)(H,33,38)/t21-,24-,26-/m1/s1. The molecule has 0 spiro atoms. The number of benzene rings is 1. The first-order chi connectivity index (χ1) is 19.4. The molecule has 4 amide bonds. The molecule has 1 fully saturated rings. The number of imide groups is 1. The van der Waals surface area contributed by atoms with E-state index in [1.807, 2.05) is 13.0 Å². The topological polar surface area (TPSA) is 141 Å². The Kier molecular flexibility index (Phi) is 10.1. The van der Waals surface area contributed by atoms with Crippen LogP contribution in [0.3, 0.4) is 0 Å². The van der Waals surface area contributed by atoms with Crippen LogP contribution in [0.5, 0.6) is 0 Å². The van der Waals surface area contributed by atoms with Crippen LogP contribution in [0.2, 0.25) is 0 Å². The monoisotopic (exact) mass is 550 g/mol. The highest BCUT2D eigenvalue weighted by molar-refractivity contribution is 5.96. The van der Waals surface area contributed by atoms with Crippen molar-refractivity contribution < 1.29 is 19.2 Å². The SMILES string of the molecule is C=CCN1C[C@H](C(=O)N(CCCNC(=O)CCCC(=O)CN)C(=O)NCC)C[C@@H]2c3cccc4[nH]cc(c34)C[C@H]21. The molecule has 10 nitrogen and oxygen atoms in total. The highest BCUT2D eigenvalue weighted by Crippen LogP contribution is 2.45. The lowest BCUT2D eigenvalue weighted by molar-refractivity contribution is -0.135. The van der Waals surface area contributed by atoms with Gasteiger partial charge in [-0.05, 0) is 49.8 Å². The average molecular weight is 551 g/mol. The van der Waals surface area contributed by atoms with Gasteiger partial charge in [-0.15, -0.1) is 6.58 Å². The number of nitrogens with one attached hydrogen (secondary N) is 3. The molecule has 2 aliphatic rings. The summed E-state index contributed by atoms with van der Waals surface area (Å²) in [4.78, 5) is 57.4. The number of piperidine rings is 1. The van der Waals surface area contributed by atoms with E-state index in [1.54, 1.807) is 0 Å². The molecule has 1 aliphatic carbocycles. The van der Waals surface area contributed by atoms with Crippen LogP contribution in [-0.4, -0.2) is 83.7 Å². The molecule has 2 aromatic rings. The minimum atomic E-state index is -0.407. The molecule has 5 N–H and O–H groups in total. The number of aromatic amines is 1. The molecule has 1 aliphatic heterocycles. The number of Topliss-reactive ketones (excluding diaryl/α,β-unsaturated/α-hetero) is 1. The van der Waals surface area contributed by atoms with Crippen molar-refractivity contribution in [1.29, 1.82) is 0 Å². The van der Waals surface area contributed by atoms with Gasteiger partial charge in [0.1, 0.15) is 5.78 Å². The van der Waals surface area contributed by atoms with E-state index in [2.05, 4.69) is 51.5 Å². The fourth-order valence-corrected chi connectivity index (χ4v) is 6.23. The van der Waals surface area contributed by atoms with E-state index in [1.165, 1.54) is 21.4 Å². The van der Waals surface area contributed by atoms with Gasteiger partial charge in [-0.2, -0.15) is 0 Å². The summed E-state index contributed by atoms with van der Waals surface area (Å²) in [5, 5.41) is 6.87. The molecule has 1 aromatic carbocycles. The number of H-pyrrole nitrogens is 1. The number of nitrogens with two attached hydrogens (primary N) is 1. The number of aromatic nitrogens is 1. The predicted octanol–water partition coefficient (Wildman–Crippen LogP) is 2.45. The molecule has 1 saturated heterocycles. The zero-order valence-electron chi connectivity index (χ0n) is 23.4. The van der Waals surface area contributed by atoms with Crippen LogP contribution in [0.1, 0.15) is 56.1 Å². The Labute approximate surface area is 235 Å². The number of ketones is 1. The van der Waals surface area contributed by atoms with E-state index in [-0.39, 0.29) is 61.4 Å². The summed E-state index contributed by atoms with van der Waals surface area (Å²) in [6, 6.07) is 6.19. The Balaban J connectivity index is 1.43. The van der Waals surface area contributed by atoms with Gasteiger partial charge in [-0.1, -0.05) is 18.2 Å². The maximum Gasteiger partial charge on any atom is 0.324 e. The van der Waals surface area contributed by atoms with Crippen LogP contribution < -0.4 is 16.4 Å². The first-order valence-corrected chi connectivity index (χ1v) is 14.4. The molecule has 2 heterocycles. The van der Waals surface area contributed by atoms with Gasteiger partial charge in [0.25, 0.3) is 0 Å². The van der Waals surface area contributed by atoms with Gasteiger partial charge < -0.3 is 21.4 Å². The van der Waals surface area contributed by atoms with Gasteiger partial charge in [0, 0.05) is 74.6 Å². The third-order valence-electron chi connectivity index (χ3n) is 8.09. The van der Waals surface area contributed by atoms with Crippen molar-refractivity contribution in [3.63, 3.8) is 0 Å². The second-order valence-electron chi connectivity index (χ2n) is 10.8. The molecule has 40 heavy (non-hydrogen) atoms. The van der Waals surface area contributed by atoms with Crippen LogP contribution >= 0.6 is 0 Å². The number of carbonyl (C=O) groups is 4. The maximum absolute atomic E-state index is 13.9. The zero-order valence-corrected chi connectivity index (χ0v) is 23.4. The Morgan fingerprint density at radius 1 is 1.20 bits per heavy atom. The number of urea groups is 1. The van der Waals surface area contributed by atoms with Gasteiger partial charge in [0.2, 0.25) is 11.8 Å². The van der Waals surface area contributed by atoms with Crippen molar-refractivity contribution in [2.24, 2.45) is 11.7 Å². The number of nitrogens with zero attached hydrogens (tertiary/aromatic N) is 2. The van der Waals surface area contributed by atoms with E-state index < -0.39 is 6.03 Å². The van der Waals surface area contributed by atoms with Crippen molar-refractivity contribution in [2.45, 2.75) is 57.4 Å². The number of fused-ring (bicyclic) bond motifs is 2. The molecule has 4 rings (SSSR count). The van der Waals surface area contributed by atoms with Crippen molar-refractivity contribution in [3.05, 3.63) is 48.2 Å². The number of amides is 4. The first-order valence-electron chi connectivity index (χ1n) is 14.4. The summed E-state index contributed by atoms with van der Waals surface area (Å²) in [6.07, 6.45) is 6.99. The average Bonchev–Trinajstić information content (AvgIpc) is 3.37. The van der Waals surface area contributed by atoms with Gasteiger partial charge in [-0.25, -0.2) is 4.79 Å². The van der Waals surface area contributed by atoms with Crippen LogP contribution in [0.25, 0.3) is 10.9 Å². The summed E-state index contributed by atoms with van der Waals surface area (Å²) < 4.78 is 0. The lowest BCUT2D eigenvalue weighted by Crippen LogP contribution is -2.55. The summed E-state index contributed by atoms with van der Waals surface area (Å²) >= 11 is 0. The summed E-state index contributed by atoms with van der Waals surface area (Å²) in [5.74, 6) is -0.569. The Hall–Kier alpha value is -3.50. The van der Waals surface area contributed by atoms with Gasteiger partial charge in [-0.3, -0.25) is 24.2 Å². The Morgan fingerprint density at radius 3 is 2.77 bits per heavy atom. The molecule has 216 valence electrons. The fourth-order valence-electron chi connectivity index (χ4n) is 6.23. The number of hydrogen-bond donors (Lipinski definition) is 4. The molecule has 3 atom stereocenters. The molecule has 0 saturated carbocycles. The lowest BCUT2D eigenvalue weighted by atomic mass is 9.72. The van der Waals surface area contributed by atoms with E-state index >= 15 is 0 Å². The highest BCUT2D eigenvalue weighted by Gasteiger charge is 2.43. The van der Waals surface area contributed by atoms with Crippen LogP contribution in [0.15, 0.2) is 37.1 Å². The largest absolute Gasteiger partial charge is 0.361 e. The Bertz CT molecular complexity index is 1240. The smallest absolute Gasteiger partial charge is 0.324 e. The van der Waals surface area contributed by atoms with E-state index in [0.29, 0.717) is 45.4 Å². The molecule has 1 aromatic heterocycles. The highest BCUT2D eigenvalue weighted by atomic mass is 16.2. The molecule has 0 radical (unpaired) electrons. The summed E-state index contributed by atoms with van der Waals surface area (Å²) in [5.41, 5.74) is 8.99. The maximum atomic E-state index is 13.9. The second-order valence-corrected chi connectivity index (χ2v) is 10.8. The minimum absolute atomic E-state index is 0.0120. The van der Waals surface area contributed by atoms with Gasteiger partial charge in [0.15, 0.2) is 0 Å². The number of hydrogen-bond acceptors (Lipinski definition) is 6. The Morgan fingerprint density at radius 2 is 2.02 bits per heavy atom. The van der Waals surface area contributed by atoms with Crippen molar-refractivity contribution in [2.75, 3.05) is 39.3 Å². The van der Waals surface area contributed by atoms with Crippen molar-refractivity contribution in [1.82, 2.24) is 25.4 Å². The van der Waals surface area contributed by atoms with E-state index in [4.69, 9.17) is 5.73 Å². The van der Waals surface area contributed by atoms with Crippen LogP contribution in [0.4, 0.5) is 4.79 Å². The normalized spacial score (nSPS) is 20.0. The molecule has 10 heteroatoms. The number of carbonyl (C=O) groups excluding carboxylic acids is 4. The van der Waals surface area contributed by atoms with Crippen molar-refractivity contribution in [3.8, 4) is 0 Å². The number of rotatable bonds is 13. The summed E-state index contributed by atoms with van der Waals surface area (Å²) in [6.45, 7) is 7.96. The third kappa shape index (κ3) is 6.62. The summed E-state index contributed by atoms with van der Waals surface area (Å²) in [7, 11) is 0. The van der Waals surface area contributed by atoms with E-state index in [0.717, 1.165) is 11.9 Å². The molecule has 0 unspecified atom stereocenters. The molecular formula is C30H42N6O4. The molecule has 0 bridgehead atoms. The van der Waals surface area contributed by atoms with Gasteiger partial charge >= 0.3 is 6.03 Å².